The highest BCUT2D eigenvalue weighted by Gasteiger charge is 2.37. The maximum Gasteiger partial charge on any atom is 0.419 e. The van der Waals surface area contributed by atoms with Crippen molar-refractivity contribution in [2.45, 2.75) is 39.8 Å². The van der Waals surface area contributed by atoms with E-state index < -0.39 is 17.7 Å². The average molecular weight is 391 g/mol. The van der Waals surface area contributed by atoms with E-state index in [1.165, 1.54) is 12.3 Å². The van der Waals surface area contributed by atoms with Gasteiger partial charge in [-0.3, -0.25) is 4.79 Å². The van der Waals surface area contributed by atoms with E-state index >= 15 is 0 Å². The largest absolute Gasteiger partial charge is 0.419 e. The molecule has 2 aromatic rings. The lowest BCUT2D eigenvalue weighted by molar-refractivity contribution is -0.137. The highest BCUT2D eigenvalue weighted by atomic mass is 19.4. The lowest BCUT2D eigenvalue weighted by atomic mass is 9.96. The third kappa shape index (κ3) is 4.29. The maximum absolute atomic E-state index is 13.3. The van der Waals surface area contributed by atoms with E-state index in [1.807, 2.05) is 32.9 Å². The number of aryl methyl sites for hydroxylation is 3. The second-order valence-corrected chi connectivity index (χ2v) is 7.42. The number of anilines is 2. The van der Waals surface area contributed by atoms with Crippen molar-refractivity contribution in [2.24, 2.45) is 5.92 Å². The van der Waals surface area contributed by atoms with Crippen LogP contribution in [0.25, 0.3) is 0 Å². The monoisotopic (exact) mass is 391 g/mol. The Labute approximate surface area is 162 Å². The van der Waals surface area contributed by atoms with Gasteiger partial charge in [-0.15, -0.1) is 0 Å². The highest BCUT2D eigenvalue weighted by Crippen LogP contribution is 2.36. The standard InChI is InChI=1S/C21H24F3N3O/c1-13-10-14(2)18(15(3)11-13)26-20(28)16-6-5-9-27(12-16)19-17(21(22,23)24)7-4-8-25-19/h4,7-8,10-11,16H,5-6,9,12H2,1-3H3,(H,26,28)/t16-/m0/s1. The number of aromatic nitrogens is 1. The molecule has 0 radical (unpaired) electrons. The number of amides is 1. The van der Waals surface area contributed by atoms with Crippen molar-refractivity contribution >= 4 is 17.4 Å². The average Bonchev–Trinajstić information content (AvgIpc) is 2.64. The number of rotatable bonds is 3. The first-order valence-corrected chi connectivity index (χ1v) is 9.32. The second-order valence-electron chi connectivity index (χ2n) is 7.42. The van der Waals surface area contributed by atoms with Crippen LogP contribution in [0.4, 0.5) is 24.7 Å². The first kappa shape index (κ1) is 20.2. The van der Waals surface area contributed by atoms with Crippen LogP contribution in [-0.2, 0) is 11.0 Å². The predicted octanol–water partition coefficient (Wildman–Crippen LogP) is 4.88. The van der Waals surface area contributed by atoms with Gasteiger partial charge in [-0.05, 0) is 56.9 Å². The normalized spacial score (nSPS) is 17.5. The van der Waals surface area contributed by atoms with E-state index in [9.17, 15) is 18.0 Å². The number of pyridine rings is 1. The summed E-state index contributed by atoms with van der Waals surface area (Å²) in [6, 6.07) is 6.31. The van der Waals surface area contributed by atoms with E-state index in [2.05, 4.69) is 10.3 Å². The lowest BCUT2D eigenvalue weighted by Gasteiger charge is -2.34. The van der Waals surface area contributed by atoms with Crippen LogP contribution in [0.5, 0.6) is 0 Å². The number of nitrogens with zero attached hydrogens (tertiary/aromatic N) is 2. The topological polar surface area (TPSA) is 45.2 Å². The van der Waals surface area contributed by atoms with Gasteiger partial charge in [0.05, 0.1) is 11.5 Å². The Kier molecular flexibility index (Phi) is 5.63. The Morgan fingerprint density at radius 2 is 1.89 bits per heavy atom. The minimum Gasteiger partial charge on any atom is -0.355 e. The smallest absolute Gasteiger partial charge is 0.355 e. The van der Waals surface area contributed by atoms with Gasteiger partial charge in [-0.25, -0.2) is 4.98 Å². The van der Waals surface area contributed by atoms with Crippen molar-refractivity contribution in [1.82, 2.24) is 4.98 Å². The summed E-state index contributed by atoms with van der Waals surface area (Å²) in [7, 11) is 0. The van der Waals surface area contributed by atoms with Gasteiger partial charge in [0.25, 0.3) is 0 Å². The molecule has 7 heteroatoms. The first-order valence-electron chi connectivity index (χ1n) is 9.32. The third-order valence-corrected chi connectivity index (χ3v) is 5.11. The summed E-state index contributed by atoms with van der Waals surface area (Å²) in [4.78, 5) is 18.4. The van der Waals surface area contributed by atoms with Gasteiger partial charge in [0.2, 0.25) is 5.91 Å². The summed E-state index contributed by atoms with van der Waals surface area (Å²) in [6.45, 7) is 6.54. The Hall–Kier alpha value is -2.57. The van der Waals surface area contributed by atoms with E-state index in [0.717, 1.165) is 28.4 Å². The van der Waals surface area contributed by atoms with Crippen LogP contribution < -0.4 is 10.2 Å². The van der Waals surface area contributed by atoms with Gasteiger partial charge in [0.1, 0.15) is 5.82 Å². The summed E-state index contributed by atoms with van der Waals surface area (Å²) >= 11 is 0. The van der Waals surface area contributed by atoms with Crippen molar-refractivity contribution in [3.05, 3.63) is 52.7 Å². The molecule has 1 saturated heterocycles. The molecule has 1 atom stereocenters. The molecule has 1 aromatic heterocycles. The van der Waals surface area contributed by atoms with Gasteiger partial charge in [-0.1, -0.05) is 17.7 Å². The van der Waals surface area contributed by atoms with Crippen LogP contribution in [0.2, 0.25) is 0 Å². The summed E-state index contributed by atoms with van der Waals surface area (Å²) in [5.41, 5.74) is 3.08. The van der Waals surface area contributed by atoms with Crippen molar-refractivity contribution in [1.29, 1.82) is 0 Å². The number of carbonyl (C=O) groups is 1. The highest BCUT2D eigenvalue weighted by molar-refractivity contribution is 5.94. The molecule has 3 rings (SSSR count). The van der Waals surface area contributed by atoms with Gasteiger partial charge in [-0.2, -0.15) is 13.2 Å². The fourth-order valence-corrected chi connectivity index (χ4v) is 3.86. The molecular weight excluding hydrogens is 367 g/mol. The molecule has 1 aliphatic rings. The Balaban J connectivity index is 1.78. The van der Waals surface area contributed by atoms with Gasteiger partial charge in [0.15, 0.2) is 0 Å². The zero-order valence-electron chi connectivity index (χ0n) is 16.2. The molecular formula is C21H24F3N3O. The number of hydrogen-bond acceptors (Lipinski definition) is 3. The van der Waals surface area contributed by atoms with E-state index in [-0.39, 0.29) is 18.3 Å². The maximum atomic E-state index is 13.3. The molecule has 0 spiro atoms. The molecule has 0 saturated carbocycles. The Morgan fingerprint density at radius 3 is 2.54 bits per heavy atom. The molecule has 1 fully saturated rings. The molecule has 1 amide bonds. The van der Waals surface area contributed by atoms with Crippen LogP contribution in [0.15, 0.2) is 30.5 Å². The van der Waals surface area contributed by atoms with E-state index in [0.29, 0.717) is 19.4 Å². The molecule has 1 N–H and O–H groups in total. The van der Waals surface area contributed by atoms with Crippen LogP contribution in [-0.4, -0.2) is 24.0 Å². The number of alkyl halides is 3. The van der Waals surface area contributed by atoms with Crippen LogP contribution in [0, 0.1) is 26.7 Å². The van der Waals surface area contributed by atoms with E-state index in [4.69, 9.17) is 0 Å². The molecule has 0 aliphatic carbocycles. The molecule has 1 aromatic carbocycles. The van der Waals surface area contributed by atoms with Crippen LogP contribution >= 0.6 is 0 Å². The minimum atomic E-state index is -4.48. The number of halogens is 3. The predicted molar refractivity (Wildman–Crippen MR) is 103 cm³/mol. The molecule has 28 heavy (non-hydrogen) atoms. The van der Waals surface area contributed by atoms with Gasteiger partial charge in [0, 0.05) is 25.0 Å². The lowest BCUT2D eigenvalue weighted by Crippen LogP contribution is -2.42. The second kappa shape index (κ2) is 7.81. The quantitative estimate of drug-likeness (QED) is 0.811. The van der Waals surface area contributed by atoms with E-state index in [1.54, 1.807) is 4.90 Å². The molecule has 0 unspecified atom stereocenters. The fraction of sp³-hybridized carbons (Fsp3) is 0.429. The number of nitrogens with one attached hydrogen (secondary N) is 1. The number of piperidine rings is 1. The first-order chi connectivity index (χ1) is 13.2. The van der Waals surface area contributed by atoms with Crippen molar-refractivity contribution in [3.63, 3.8) is 0 Å². The molecule has 4 nitrogen and oxygen atoms in total. The van der Waals surface area contributed by atoms with Gasteiger partial charge < -0.3 is 10.2 Å². The summed E-state index contributed by atoms with van der Waals surface area (Å²) in [6.07, 6.45) is -1.85. The van der Waals surface area contributed by atoms with Crippen LogP contribution in [0.1, 0.15) is 35.1 Å². The van der Waals surface area contributed by atoms with Crippen molar-refractivity contribution in [2.75, 3.05) is 23.3 Å². The Morgan fingerprint density at radius 1 is 1.21 bits per heavy atom. The van der Waals surface area contributed by atoms with Crippen LogP contribution in [0.3, 0.4) is 0 Å². The fourth-order valence-electron chi connectivity index (χ4n) is 3.86. The zero-order valence-corrected chi connectivity index (χ0v) is 16.2. The summed E-state index contributed by atoms with van der Waals surface area (Å²) < 4.78 is 40.0. The molecule has 150 valence electrons. The SMILES string of the molecule is Cc1cc(C)c(NC(=O)[C@H]2CCCN(c3ncccc3C(F)(F)F)C2)c(C)c1. The van der Waals surface area contributed by atoms with Gasteiger partial charge >= 0.3 is 6.18 Å². The minimum absolute atomic E-state index is 0.102. The zero-order chi connectivity index (χ0) is 20.5. The van der Waals surface area contributed by atoms with Crippen molar-refractivity contribution < 1.29 is 18.0 Å². The van der Waals surface area contributed by atoms with Crippen molar-refractivity contribution in [3.8, 4) is 0 Å². The number of benzene rings is 1. The third-order valence-electron chi connectivity index (χ3n) is 5.11. The summed E-state index contributed by atoms with van der Waals surface area (Å²) in [5.74, 6) is -0.656. The summed E-state index contributed by atoms with van der Waals surface area (Å²) in [5, 5.41) is 2.98. The molecule has 2 heterocycles. The number of carbonyl (C=O) groups excluding carboxylic acids is 1. The Bertz CT molecular complexity index is 856. The molecule has 0 bridgehead atoms. The molecule has 1 aliphatic heterocycles. The number of hydrogen-bond donors (Lipinski definition) is 1.